The van der Waals surface area contributed by atoms with E-state index >= 15 is 0 Å². The molecule has 0 radical (unpaired) electrons. The number of carbonyl (C=O) groups excluding carboxylic acids is 2. The summed E-state index contributed by atoms with van der Waals surface area (Å²) >= 11 is 0. The molecule has 2 heterocycles. The molecule has 6 nitrogen and oxygen atoms in total. The molecule has 2 aromatic carbocycles. The van der Waals surface area contributed by atoms with E-state index in [1.54, 1.807) is 12.1 Å². The normalized spacial score (nSPS) is 18.9. The van der Waals surface area contributed by atoms with E-state index in [0.717, 1.165) is 12.1 Å². The van der Waals surface area contributed by atoms with E-state index in [2.05, 4.69) is 15.7 Å². The van der Waals surface area contributed by atoms with Gasteiger partial charge in [-0.25, -0.2) is 13.5 Å². The van der Waals surface area contributed by atoms with Crippen molar-refractivity contribution in [3.63, 3.8) is 0 Å². The zero-order valence-electron chi connectivity index (χ0n) is 18.2. The van der Waals surface area contributed by atoms with Gasteiger partial charge in [0, 0.05) is 23.4 Å². The Morgan fingerprint density at radius 2 is 1.88 bits per heavy atom. The SMILES string of the molecule is CC1(C)CC(=O)C2=C(C1)Nc1c(C(=O)Nc3ccccc3)cnn1C2c1ccc(F)c(F)c1. The number of ketones is 1. The quantitative estimate of drug-likeness (QED) is 0.587. The average Bonchev–Trinajstić information content (AvgIpc) is 3.18. The third-order valence-electron chi connectivity index (χ3n) is 6.04. The van der Waals surface area contributed by atoms with Crippen molar-refractivity contribution in [3.8, 4) is 0 Å². The first-order chi connectivity index (χ1) is 15.7. The van der Waals surface area contributed by atoms with Gasteiger partial charge in [-0.1, -0.05) is 38.1 Å². The molecule has 168 valence electrons. The Balaban J connectivity index is 1.62. The zero-order valence-corrected chi connectivity index (χ0v) is 18.2. The van der Waals surface area contributed by atoms with Crippen LogP contribution in [0.2, 0.25) is 0 Å². The fourth-order valence-electron chi connectivity index (χ4n) is 4.59. The lowest BCUT2D eigenvalue weighted by Crippen LogP contribution is -2.37. The fourth-order valence-corrected chi connectivity index (χ4v) is 4.59. The summed E-state index contributed by atoms with van der Waals surface area (Å²) < 4.78 is 29.3. The summed E-state index contributed by atoms with van der Waals surface area (Å²) in [7, 11) is 0. The third-order valence-corrected chi connectivity index (χ3v) is 6.04. The van der Waals surface area contributed by atoms with Crippen LogP contribution in [0.25, 0.3) is 0 Å². The van der Waals surface area contributed by atoms with Crippen molar-refractivity contribution in [2.75, 3.05) is 10.6 Å². The van der Waals surface area contributed by atoms with Gasteiger partial charge in [-0.2, -0.15) is 5.10 Å². The molecule has 1 aromatic heterocycles. The molecule has 0 spiro atoms. The van der Waals surface area contributed by atoms with Gasteiger partial charge >= 0.3 is 0 Å². The van der Waals surface area contributed by atoms with Crippen molar-refractivity contribution in [1.29, 1.82) is 0 Å². The highest BCUT2D eigenvalue weighted by molar-refractivity contribution is 6.08. The predicted octanol–water partition coefficient (Wildman–Crippen LogP) is 5.07. The Morgan fingerprint density at radius 3 is 2.61 bits per heavy atom. The lowest BCUT2D eigenvalue weighted by Gasteiger charge is -2.39. The summed E-state index contributed by atoms with van der Waals surface area (Å²) in [6.45, 7) is 4.00. The van der Waals surface area contributed by atoms with Crippen LogP contribution in [-0.2, 0) is 4.79 Å². The second-order valence-electron chi connectivity index (χ2n) is 9.21. The van der Waals surface area contributed by atoms with E-state index in [1.807, 2.05) is 32.0 Å². The first-order valence-electron chi connectivity index (χ1n) is 10.7. The third kappa shape index (κ3) is 3.71. The van der Waals surface area contributed by atoms with E-state index in [0.29, 0.717) is 41.2 Å². The van der Waals surface area contributed by atoms with Crippen molar-refractivity contribution in [2.45, 2.75) is 32.7 Å². The van der Waals surface area contributed by atoms with Gasteiger partial charge in [0.05, 0.1) is 6.20 Å². The summed E-state index contributed by atoms with van der Waals surface area (Å²) in [6, 6.07) is 11.8. The van der Waals surface area contributed by atoms with Gasteiger partial charge in [0.15, 0.2) is 17.4 Å². The molecule has 8 heteroatoms. The van der Waals surface area contributed by atoms with Crippen LogP contribution in [0, 0.1) is 17.0 Å². The standard InChI is InChI=1S/C25H22F2N4O2/c1-25(2)11-19-21(20(32)12-25)22(14-8-9-17(26)18(27)10-14)31-23(30-19)16(13-28-31)24(33)29-15-6-4-3-5-7-15/h3-10,13,22,30H,11-12H2,1-2H3,(H,29,33). The highest BCUT2D eigenvalue weighted by atomic mass is 19.2. The highest BCUT2D eigenvalue weighted by Crippen LogP contribution is 2.46. The molecule has 2 N–H and O–H groups in total. The molecule has 33 heavy (non-hydrogen) atoms. The number of nitrogens with zero attached hydrogens (tertiary/aromatic N) is 2. The molecule has 0 bridgehead atoms. The Kier molecular flexibility index (Phi) is 4.88. The molecule has 0 saturated carbocycles. The Labute approximate surface area is 189 Å². The molecule has 1 aliphatic carbocycles. The van der Waals surface area contributed by atoms with E-state index < -0.39 is 17.7 Å². The Bertz CT molecular complexity index is 1310. The van der Waals surface area contributed by atoms with Crippen LogP contribution in [0.4, 0.5) is 20.3 Å². The zero-order chi connectivity index (χ0) is 23.3. The molecule has 1 amide bonds. The minimum absolute atomic E-state index is 0.0834. The molecule has 1 unspecified atom stereocenters. The summed E-state index contributed by atoms with van der Waals surface area (Å²) in [5, 5.41) is 10.5. The predicted molar refractivity (Wildman–Crippen MR) is 120 cm³/mol. The van der Waals surface area contributed by atoms with Crippen LogP contribution < -0.4 is 10.6 Å². The van der Waals surface area contributed by atoms with Gasteiger partial charge < -0.3 is 10.6 Å². The largest absolute Gasteiger partial charge is 0.343 e. The van der Waals surface area contributed by atoms with Crippen molar-refractivity contribution in [3.05, 3.63) is 88.8 Å². The fraction of sp³-hybridized carbons (Fsp3) is 0.240. The van der Waals surface area contributed by atoms with Crippen molar-refractivity contribution >= 4 is 23.2 Å². The average molecular weight is 448 g/mol. The molecule has 0 fully saturated rings. The smallest absolute Gasteiger partial charge is 0.261 e. The number of amides is 1. The minimum Gasteiger partial charge on any atom is -0.343 e. The topological polar surface area (TPSA) is 76.0 Å². The molecule has 2 aliphatic rings. The number of allylic oxidation sites excluding steroid dienone is 2. The number of hydrogen-bond acceptors (Lipinski definition) is 4. The Hall–Kier alpha value is -3.81. The summed E-state index contributed by atoms with van der Waals surface area (Å²) in [5.74, 6) is -2.03. The lowest BCUT2D eigenvalue weighted by molar-refractivity contribution is -0.118. The van der Waals surface area contributed by atoms with Crippen LogP contribution in [0.3, 0.4) is 0 Å². The van der Waals surface area contributed by atoms with Crippen LogP contribution in [0.15, 0.2) is 66.0 Å². The van der Waals surface area contributed by atoms with E-state index in [4.69, 9.17) is 0 Å². The summed E-state index contributed by atoms with van der Waals surface area (Å²) in [5.41, 5.74) is 2.16. The number of carbonyl (C=O) groups is 2. The number of halogens is 2. The maximum atomic E-state index is 14.1. The summed E-state index contributed by atoms with van der Waals surface area (Å²) in [4.78, 5) is 26.2. The molecule has 1 atom stereocenters. The molecule has 1 aliphatic heterocycles. The highest BCUT2D eigenvalue weighted by Gasteiger charge is 2.42. The van der Waals surface area contributed by atoms with Gasteiger partial charge in [-0.15, -0.1) is 0 Å². The van der Waals surface area contributed by atoms with Crippen molar-refractivity contribution in [2.24, 2.45) is 5.41 Å². The minimum atomic E-state index is -1.01. The molecule has 3 aromatic rings. The van der Waals surface area contributed by atoms with Gasteiger partial charge in [-0.3, -0.25) is 9.59 Å². The van der Waals surface area contributed by atoms with Gasteiger partial charge in [-0.05, 0) is 41.7 Å². The first kappa shape index (κ1) is 21.1. The molecule has 5 rings (SSSR count). The number of aromatic nitrogens is 2. The number of nitrogens with one attached hydrogen (secondary N) is 2. The van der Waals surface area contributed by atoms with E-state index in [9.17, 15) is 18.4 Å². The first-order valence-corrected chi connectivity index (χ1v) is 10.7. The van der Waals surface area contributed by atoms with E-state index in [-0.39, 0.29) is 22.7 Å². The van der Waals surface area contributed by atoms with Gasteiger partial charge in [0.1, 0.15) is 17.4 Å². The lowest BCUT2D eigenvalue weighted by atomic mass is 9.73. The maximum absolute atomic E-state index is 14.1. The van der Waals surface area contributed by atoms with E-state index in [1.165, 1.54) is 16.9 Å². The number of anilines is 2. The van der Waals surface area contributed by atoms with Crippen LogP contribution in [0.5, 0.6) is 0 Å². The molecule has 0 saturated heterocycles. The van der Waals surface area contributed by atoms with Gasteiger partial charge in [0.2, 0.25) is 0 Å². The van der Waals surface area contributed by atoms with Gasteiger partial charge in [0.25, 0.3) is 5.91 Å². The second-order valence-corrected chi connectivity index (χ2v) is 9.21. The van der Waals surface area contributed by atoms with Crippen LogP contribution in [0.1, 0.15) is 48.7 Å². The van der Waals surface area contributed by atoms with Crippen LogP contribution in [-0.4, -0.2) is 21.5 Å². The second kappa shape index (κ2) is 7.65. The van der Waals surface area contributed by atoms with Crippen molar-refractivity contribution < 1.29 is 18.4 Å². The molecular formula is C25H22F2N4O2. The molecular weight excluding hydrogens is 426 g/mol. The maximum Gasteiger partial charge on any atom is 0.261 e. The number of fused-ring (bicyclic) bond motifs is 1. The number of rotatable bonds is 3. The van der Waals surface area contributed by atoms with Crippen molar-refractivity contribution in [1.82, 2.24) is 9.78 Å². The number of benzene rings is 2. The monoisotopic (exact) mass is 448 g/mol. The number of para-hydroxylation sites is 1. The Morgan fingerprint density at radius 1 is 1.12 bits per heavy atom. The number of Topliss-reactive ketones (excluding diaryl/α,β-unsaturated/α-hetero) is 1. The number of hydrogen-bond donors (Lipinski definition) is 2. The van der Waals surface area contributed by atoms with Crippen LogP contribution >= 0.6 is 0 Å². The summed E-state index contributed by atoms with van der Waals surface area (Å²) in [6.07, 6.45) is 2.31.